The van der Waals surface area contributed by atoms with Crippen LogP contribution in [-0.2, 0) is 6.18 Å². The molecule has 4 rings (SSSR count). The summed E-state index contributed by atoms with van der Waals surface area (Å²) in [5.41, 5.74) is -2.39. The number of nitro groups is 1. The number of nitrogens with one attached hydrogen (secondary N) is 1. The van der Waals surface area contributed by atoms with Crippen LogP contribution < -0.4 is 10.2 Å². The maximum atomic E-state index is 13.1. The van der Waals surface area contributed by atoms with Gasteiger partial charge >= 0.3 is 6.18 Å². The first kappa shape index (κ1) is 21.7. The predicted molar refractivity (Wildman–Crippen MR) is 110 cm³/mol. The van der Waals surface area contributed by atoms with Gasteiger partial charge in [-0.05, 0) is 42.5 Å². The van der Waals surface area contributed by atoms with Crippen molar-refractivity contribution in [3.63, 3.8) is 0 Å². The number of imide groups is 1. The van der Waals surface area contributed by atoms with Crippen molar-refractivity contribution < 1.29 is 32.5 Å². The number of carbonyl (C=O) groups is 3. The molecule has 0 aliphatic carbocycles. The van der Waals surface area contributed by atoms with E-state index < -0.39 is 45.8 Å². The summed E-state index contributed by atoms with van der Waals surface area (Å²) in [5, 5.41) is 13.4. The SMILES string of the molecule is O=C(Nc1ccccc1C(F)(F)F)c1ccc(N2C(=O)c3cccc([N+](=O)[O-])c3C2=O)cc1. The zero-order chi connectivity index (χ0) is 23.9. The van der Waals surface area contributed by atoms with Crippen molar-refractivity contribution in [1.29, 1.82) is 0 Å². The molecule has 0 saturated heterocycles. The van der Waals surface area contributed by atoms with Crippen molar-refractivity contribution in [1.82, 2.24) is 0 Å². The number of alkyl halides is 3. The monoisotopic (exact) mass is 455 g/mol. The standard InChI is InChI=1S/C22H12F3N3O5/c23-22(24,25)15-5-1-2-6-16(15)26-19(29)12-8-10-13(11-9-12)27-20(30)14-4-3-7-17(28(32)33)18(14)21(27)31/h1-11H,(H,26,29). The van der Waals surface area contributed by atoms with Gasteiger partial charge in [0.05, 0.1) is 27.4 Å². The van der Waals surface area contributed by atoms with Crippen LogP contribution in [-0.4, -0.2) is 22.6 Å². The Morgan fingerprint density at radius 1 is 0.909 bits per heavy atom. The Morgan fingerprint density at radius 3 is 2.21 bits per heavy atom. The molecule has 3 aromatic rings. The second kappa shape index (κ2) is 7.86. The first-order valence-corrected chi connectivity index (χ1v) is 9.33. The van der Waals surface area contributed by atoms with E-state index >= 15 is 0 Å². The molecule has 1 heterocycles. The number of amides is 3. The molecule has 3 amide bonds. The largest absolute Gasteiger partial charge is 0.418 e. The van der Waals surface area contributed by atoms with E-state index in [-0.39, 0.29) is 22.4 Å². The minimum Gasteiger partial charge on any atom is -0.321 e. The molecule has 0 saturated carbocycles. The Bertz CT molecular complexity index is 1320. The first-order chi connectivity index (χ1) is 15.6. The smallest absolute Gasteiger partial charge is 0.321 e. The van der Waals surface area contributed by atoms with E-state index in [0.29, 0.717) is 0 Å². The average Bonchev–Trinajstić information content (AvgIpc) is 3.03. The van der Waals surface area contributed by atoms with Gasteiger partial charge in [0, 0.05) is 11.6 Å². The van der Waals surface area contributed by atoms with E-state index in [0.717, 1.165) is 23.1 Å². The zero-order valence-corrected chi connectivity index (χ0v) is 16.4. The fraction of sp³-hybridized carbons (Fsp3) is 0.0455. The van der Waals surface area contributed by atoms with E-state index in [2.05, 4.69) is 5.32 Å². The second-order valence-corrected chi connectivity index (χ2v) is 6.95. The third-order valence-corrected chi connectivity index (χ3v) is 4.96. The van der Waals surface area contributed by atoms with Gasteiger partial charge in [0.1, 0.15) is 5.56 Å². The molecule has 166 valence electrons. The van der Waals surface area contributed by atoms with Gasteiger partial charge in [-0.25, -0.2) is 4.90 Å². The molecule has 8 nitrogen and oxygen atoms in total. The highest BCUT2D eigenvalue weighted by atomic mass is 19.4. The number of benzene rings is 3. The lowest BCUT2D eigenvalue weighted by atomic mass is 10.1. The lowest BCUT2D eigenvalue weighted by molar-refractivity contribution is -0.385. The molecule has 0 radical (unpaired) electrons. The molecule has 0 atom stereocenters. The third kappa shape index (κ3) is 3.80. The minimum absolute atomic E-state index is 0.0293. The molecule has 0 fully saturated rings. The maximum Gasteiger partial charge on any atom is 0.418 e. The number of hydrogen-bond acceptors (Lipinski definition) is 5. The van der Waals surface area contributed by atoms with Crippen molar-refractivity contribution in [2.45, 2.75) is 6.18 Å². The van der Waals surface area contributed by atoms with Crippen LogP contribution in [0.2, 0.25) is 0 Å². The molecule has 0 spiro atoms. The van der Waals surface area contributed by atoms with Gasteiger partial charge in [0.15, 0.2) is 0 Å². The number of hydrogen-bond donors (Lipinski definition) is 1. The lowest BCUT2D eigenvalue weighted by Gasteiger charge is -2.15. The molecule has 1 aliphatic rings. The van der Waals surface area contributed by atoms with Crippen LogP contribution in [0.5, 0.6) is 0 Å². The van der Waals surface area contributed by atoms with Gasteiger partial charge in [0.25, 0.3) is 23.4 Å². The fourth-order valence-corrected chi connectivity index (χ4v) is 3.45. The topological polar surface area (TPSA) is 110 Å². The Labute approximate surface area is 183 Å². The summed E-state index contributed by atoms with van der Waals surface area (Å²) in [5.74, 6) is -2.50. The second-order valence-electron chi connectivity index (χ2n) is 6.95. The molecule has 1 N–H and O–H groups in total. The maximum absolute atomic E-state index is 13.1. The number of anilines is 2. The van der Waals surface area contributed by atoms with Crippen molar-refractivity contribution in [3.05, 3.63) is 99.1 Å². The number of rotatable bonds is 4. The fourth-order valence-electron chi connectivity index (χ4n) is 3.45. The van der Waals surface area contributed by atoms with Gasteiger partial charge in [-0.2, -0.15) is 13.2 Å². The van der Waals surface area contributed by atoms with Gasteiger partial charge in [-0.15, -0.1) is 0 Å². The summed E-state index contributed by atoms with van der Waals surface area (Å²) in [7, 11) is 0. The Kier molecular flexibility index (Phi) is 5.16. The highest BCUT2D eigenvalue weighted by molar-refractivity contribution is 6.35. The summed E-state index contributed by atoms with van der Waals surface area (Å²) in [6.45, 7) is 0. The molecular formula is C22H12F3N3O5. The number of para-hydroxylation sites is 1. The van der Waals surface area contributed by atoms with Crippen LogP contribution in [0.3, 0.4) is 0 Å². The van der Waals surface area contributed by atoms with Gasteiger partial charge in [-0.1, -0.05) is 18.2 Å². The highest BCUT2D eigenvalue weighted by Gasteiger charge is 2.41. The molecule has 33 heavy (non-hydrogen) atoms. The number of nitro benzene ring substituents is 1. The third-order valence-electron chi connectivity index (χ3n) is 4.96. The van der Waals surface area contributed by atoms with Crippen molar-refractivity contribution in [2.75, 3.05) is 10.2 Å². The molecule has 11 heteroatoms. The van der Waals surface area contributed by atoms with E-state index in [4.69, 9.17) is 0 Å². The normalized spacial score (nSPS) is 13.1. The Balaban J connectivity index is 1.59. The Hall–Kier alpha value is -4.54. The van der Waals surface area contributed by atoms with Crippen LogP contribution in [0.4, 0.5) is 30.2 Å². The number of halogens is 3. The van der Waals surface area contributed by atoms with Crippen LogP contribution in [0.25, 0.3) is 0 Å². The number of nitrogens with zero attached hydrogens (tertiary/aromatic N) is 2. The average molecular weight is 455 g/mol. The van der Waals surface area contributed by atoms with Crippen molar-refractivity contribution in [3.8, 4) is 0 Å². The molecule has 3 aromatic carbocycles. The molecular weight excluding hydrogens is 443 g/mol. The summed E-state index contributed by atoms with van der Waals surface area (Å²) in [4.78, 5) is 49.1. The van der Waals surface area contributed by atoms with Gasteiger partial charge in [-0.3, -0.25) is 24.5 Å². The minimum atomic E-state index is -4.66. The predicted octanol–water partition coefficient (Wildman–Crippen LogP) is 4.67. The molecule has 1 aliphatic heterocycles. The quantitative estimate of drug-likeness (QED) is 0.349. The number of fused-ring (bicyclic) bond motifs is 1. The van der Waals surface area contributed by atoms with E-state index in [1.165, 1.54) is 48.5 Å². The van der Waals surface area contributed by atoms with E-state index in [9.17, 15) is 37.7 Å². The summed E-state index contributed by atoms with van der Waals surface area (Å²) in [6, 6.07) is 13.1. The van der Waals surface area contributed by atoms with Crippen molar-refractivity contribution >= 4 is 34.8 Å². The van der Waals surface area contributed by atoms with Crippen molar-refractivity contribution in [2.24, 2.45) is 0 Å². The molecule has 0 unspecified atom stereocenters. The summed E-state index contributed by atoms with van der Waals surface area (Å²) >= 11 is 0. The summed E-state index contributed by atoms with van der Waals surface area (Å²) < 4.78 is 39.4. The summed E-state index contributed by atoms with van der Waals surface area (Å²) in [6.07, 6.45) is -4.66. The van der Waals surface area contributed by atoms with Gasteiger partial charge < -0.3 is 5.32 Å². The molecule has 0 bridgehead atoms. The van der Waals surface area contributed by atoms with Crippen LogP contribution in [0.15, 0.2) is 66.7 Å². The Morgan fingerprint density at radius 2 is 1.58 bits per heavy atom. The van der Waals surface area contributed by atoms with Gasteiger partial charge in [0.2, 0.25) is 0 Å². The van der Waals surface area contributed by atoms with Crippen LogP contribution in [0.1, 0.15) is 36.6 Å². The van der Waals surface area contributed by atoms with Crippen LogP contribution in [0, 0.1) is 10.1 Å². The highest BCUT2D eigenvalue weighted by Crippen LogP contribution is 2.36. The molecule has 0 aromatic heterocycles. The van der Waals surface area contributed by atoms with E-state index in [1.54, 1.807) is 0 Å². The zero-order valence-electron chi connectivity index (χ0n) is 16.4. The van der Waals surface area contributed by atoms with Crippen LogP contribution >= 0.6 is 0 Å². The van der Waals surface area contributed by atoms with E-state index in [1.807, 2.05) is 0 Å². The number of carbonyl (C=O) groups excluding carboxylic acids is 3. The lowest BCUT2D eigenvalue weighted by Crippen LogP contribution is -2.29. The first-order valence-electron chi connectivity index (χ1n) is 9.33.